The number of hydrogen-bond donors (Lipinski definition) is 2. The van der Waals surface area contributed by atoms with Gasteiger partial charge in [0.1, 0.15) is 16.5 Å². The van der Waals surface area contributed by atoms with E-state index < -0.39 is 26.9 Å². The van der Waals surface area contributed by atoms with Crippen molar-refractivity contribution in [1.82, 2.24) is 0 Å². The largest absolute Gasteiger partial charge is 0.450 e. The molecular formula is C18H17FN2O6S. The summed E-state index contributed by atoms with van der Waals surface area (Å²) in [6.45, 7) is 1.82. The zero-order valence-corrected chi connectivity index (χ0v) is 15.6. The number of halogens is 1. The highest BCUT2D eigenvalue weighted by atomic mass is 32.2. The minimum atomic E-state index is -4.48. The molecule has 2 amide bonds. The van der Waals surface area contributed by atoms with Crippen molar-refractivity contribution < 1.29 is 31.3 Å². The fraction of sp³-hybridized carbons (Fsp3) is 0.222. The van der Waals surface area contributed by atoms with Crippen molar-refractivity contribution >= 4 is 33.5 Å². The Morgan fingerprint density at radius 1 is 1.25 bits per heavy atom. The van der Waals surface area contributed by atoms with Crippen LogP contribution in [0.15, 0.2) is 41.3 Å². The summed E-state index contributed by atoms with van der Waals surface area (Å²) in [6.07, 6.45) is -0.228. The maximum absolute atomic E-state index is 14.4. The van der Waals surface area contributed by atoms with E-state index in [4.69, 9.17) is 8.92 Å². The Hall–Kier alpha value is -3.14. The van der Waals surface area contributed by atoms with Crippen LogP contribution in [0.5, 0.6) is 5.75 Å². The minimum absolute atomic E-state index is 0.111. The van der Waals surface area contributed by atoms with Gasteiger partial charge < -0.3 is 14.2 Å². The second-order valence-electron chi connectivity index (χ2n) is 5.90. The predicted octanol–water partition coefficient (Wildman–Crippen LogP) is 3.05. The van der Waals surface area contributed by atoms with Gasteiger partial charge in [0.15, 0.2) is 0 Å². The molecule has 0 aliphatic carbocycles. The van der Waals surface area contributed by atoms with E-state index in [2.05, 4.69) is 10.6 Å². The van der Waals surface area contributed by atoms with Crippen LogP contribution in [0.2, 0.25) is 0 Å². The third-order valence-electron chi connectivity index (χ3n) is 3.88. The van der Waals surface area contributed by atoms with Crippen LogP contribution in [-0.2, 0) is 26.1 Å². The fourth-order valence-electron chi connectivity index (χ4n) is 2.65. The highest BCUT2D eigenvalue weighted by Gasteiger charge is 2.26. The highest BCUT2D eigenvalue weighted by Crippen LogP contribution is 2.30. The average molecular weight is 408 g/mol. The summed E-state index contributed by atoms with van der Waals surface area (Å²) >= 11 is 0. The van der Waals surface area contributed by atoms with Crippen LogP contribution in [0.3, 0.4) is 0 Å². The first-order chi connectivity index (χ1) is 13.3. The van der Waals surface area contributed by atoms with Gasteiger partial charge in [0.25, 0.3) is 0 Å². The van der Waals surface area contributed by atoms with Crippen molar-refractivity contribution in [1.29, 1.82) is 0 Å². The predicted molar refractivity (Wildman–Crippen MR) is 98.3 cm³/mol. The lowest BCUT2D eigenvalue weighted by Crippen LogP contribution is -2.20. The minimum Gasteiger partial charge on any atom is -0.450 e. The molecule has 2 N–H and O–H groups in total. The van der Waals surface area contributed by atoms with Crippen LogP contribution in [0.4, 0.5) is 20.6 Å². The smallest absolute Gasteiger partial charge is 0.411 e. The first-order valence-corrected chi connectivity index (χ1v) is 9.80. The standard InChI is InChI=1S/C18H17FN2O6S/c1-2-26-18(23)20-12-4-3-5-13(9-12)27-28(24,25)16-8-11-6-7-17(22)21-15(11)10-14(16)19/h3-5,8-10H,2,6-7H2,1H3,(H,20,23)(H,21,22). The molecule has 0 spiro atoms. The van der Waals surface area contributed by atoms with Crippen LogP contribution in [0.25, 0.3) is 0 Å². The number of hydrogen-bond acceptors (Lipinski definition) is 6. The summed E-state index contributed by atoms with van der Waals surface area (Å²) in [5, 5.41) is 4.91. The molecule has 1 heterocycles. The molecule has 28 heavy (non-hydrogen) atoms. The molecule has 0 bridgehead atoms. The van der Waals surface area contributed by atoms with Gasteiger partial charge in [-0.2, -0.15) is 8.42 Å². The van der Waals surface area contributed by atoms with E-state index in [-0.39, 0.29) is 36.1 Å². The van der Waals surface area contributed by atoms with Gasteiger partial charge >= 0.3 is 16.2 Å². The molecule has 148 valence electrons. The Morgan fingerprint density at radius 2 is 2.04 bits per heavy atom. The third kappa shape index (κ3) is 4.39. The summed E-state index contributed by atoms with van der Waals surface area (Å²) in [7, 11) is -4.48. The SMILES string of the molecule is CCOC(=O)Nc1cccc(OS(=O)(=O)c2cc3c(cc2F)NC(=O)CC3)c1. The van der Waals surface area contributed by atoms with Gasteiger partial charge in [0.2, 0.25) is 5.91 Å². The number of rotatable bonds is 5. The van der Waals surface area contributed by atoms with Crippen molar-refractivity contribution in [2.45, 2.75) is 24.7 Å². The maximum Gasteiger partial charge on any atom is 0.411 e. The summed E-state index contributed by atoms with van der Waals surface area (Å²) in [4.78, 5) is 22.2. The monoisotopic (exact) mass is 408 g/mol. The Labute approximate surface area is 160 Å². The lowest BCUT2D eigenvalue weighted by Gasteiger charge is -2.18. The molecule has 8 nitrogen and oxygen atoms in total. The zero-order chi connectivity index (χ0) is 20.3. The van der Waals surface area contributed by atoms with Crippen LogP contribution in [0.1, 0.15) is 18.9 Å². The highest BCUT2D eigenvalue weighted by molar-refractivity contribution is 7.87. The first kappa shape index (κ1) is 19.6. The van der Waals surface area contributed by atoms with E-state index in [9.17, 15) is 22.4 Å². The third-order valence-corrected chi connectivity index (χ3v) is 5.15. The Kier molecular flexibility index (Phi) is 5.50. The second-order valence-corrected chi connectivity index (χ2v) is 7.41. The normalized spacial score (nSPS) is 13.3. The van der Waals surface area contributed by atoms with E-state index in [1.807, 2.05) is 0 Å². The summed E-state index contributed by atoms with van der Waals surface area (Å²) in [5.74, 6) is -1.41. The van der Waals surface area contributed by atoms with Crippen LogP contribution in [-0.4, -0.2) is 27.0 Å². The molecule has 2 aromatic rings. The molecule has 0 fully saturated rings. The number of anilines is 2. The molecule has 3 rings (SSSR count). The van der Waals surface area contributed by atoms with Gasteiger partial charge in [-0.25, -0.2) is 9.18 Å². The van der Waals surface area contributed by atoms with E-state index in [1.165, 1.54) is 24.3 Å². The first-order valence-electron chi connectivity index (χ1n) is 8.39. The molecular weight excluding hydrogens is 391 g/mol. The summed E-state index contributed by atoms with van der Waals surface area (Å²) < 4.78 is 49.2. The number of fused-ring (bicyclic) bond motifs is 1. The Morgan fingerprint density at radius 3 is 2.79 bits per heavy atom. The van der Waals surface area contributed by atoms with Crippen LogP contribution in [0, 0.1) is 5.82 Å². The van der Waals surface area contributed by atoms with Gasteiger partial charge in [0, 0.05) is 23.9 Å². The molecule has 0 atom stereocenters. The molecule has 0 aromatic heterocycles. The van der Waals surface area contributed by atoms with Gasteiger partial charge in [-0.3, -0.25) is 10.1 Å². The number of amides is 2. The van der Waals surface area contributed by atoms with Gasteiger partial charge in [-0.15, -0.1) is 0 Å². The Bertz CT molecular complexity index is 1040. The van der Waals surface area contributed by atoms with E-state index >= 15 is 0 Å². The van der Waals surface area contributed by atoms with E-state index in [1.54, 1.807) is 6.92 Å². The number of nitrogens with one attached hydrogen (secondary N) is 2. The van der Waals surface area contributed by atoms with Crippen molar-refractivity contribution in [3.8, 4) is 5.75 Å². The lowest BCUT2D eigenvalue weighted by molar-refractivity contribution is -0.116. The number of carbonyl (C=O) groups is 2. The topological polar surface area (TPSA) is 111 Å². The number of ether oxygens (including phenoxy) is 1. The molecule has 10 heteroatoms. The van der Waals surface area contributed by atoms with Crippen LogP contribution >= 0.6 is 0 Å². The quantitative estimate of drug-likeness (QED) is 0.736. The fourth-order valence-corrected chi connectivity index (χ4v) is 3.68. The number of carbonyl (C=O) groups excluding carboxylic acids is 2. The Balaban J connectivity index is 1.85. The van der Waals surface area contributed by atoms with Gasteiger partial charge in [-0.1, -0.05) is 6.07 Å². The second kappa shape index (κ2) is 7.85. The molecule has 1 aliphatic rings. The molecule has 2 aromatic carbocycles. The number of aryl methyl sites for hydroxylation is 1. The molecule has 0 unspecified atom stereocenters. The molecule has 1 aliphatic heterocycles. The number of benzene rings is 2. The van der Waals surface area contributed by atoms with Gasteiger partial charge in [0.05, 0.1) is 6.61 Å². The zero-order valence-electron chi connectivity index (χ0n) is 14.8. The lowest BCUT2D eigenvalue weighted by atomic mass is 10.0. The maximum atomic E-state index is 14.4. The van der Waals surface area contributed by atoms with E-state index in [0.717, 1.165) is 12.1 Å². The molecule has 0 radical (unpaired) electrons. The van der Waals surface area contributed by atoms with Crippen molar-refractivity contribution in [3.63, 3.8) is 0 Å². The summed E-state index contributed by atoms with van der Waals surface area (Å²) in [6, 6.07) is 7.71. The van der Waals surface area contributed by atoms with E-state index in [0.29, 0.717) is 12.0 Å². The molecule has 0 saturated heterocycles. The van der Waals surface area contributed by atoms with Crippen LogP contribution < -0.4 is 14.8 Å². The van der Waals surface area contributed by atoms with Crippen molar-refractivity contribution in [2.75, 3.05) is 17.2 Å². The van der Waals surface area contributed by atoms with Gasteiger partial charge in [-0.05, 0) is 43.2 Å². The average Bonchev–Trinajstić information content (AvgIpc) is 2.61. The molecule has 0 saturated carbocycles. The summed E-state index contributed by atoms with van der Waals surface area (Å²) in [5.41, 5.74) is 0.994. The van der Waals surface area contributed by atoms with Crippen molar-refractivity contribution in [3.05, 3.63) is 47.8 Å². The van der Waals surface area contributed by atoms with Crippen molar-refractivity contribution in [2.24, 2.45) is 0 Å².